The topological polar surface area (TPSA) is 77.7 Å². The van der Waals surface area contributed by atoms with Crippen LogP contribution >= 0.6 is 0 Å². The Morgan fingerprint density at radius 3 is 2.45 bits per heavy atom. The monoisotopic (exact) mass is 398 g/mol. The summed E-state index contributed by atoms with van der Waals surface area (Å²) in [5, 5.41) is 3.02. The van der Waals surface area contributed by atoms with Gasteiger partial charge in [0.15, 0.2) is 0 Å². The predicted molar refractivity (Wildman–Crippen MR) is 115 cm³/mol. The molecular formula is C22H30N4O3. The number of likely N-dealkylation sites (N-methyl/N-ethyl adjacent to an activating group) is 1. The van der Waals surface area contributed by atoms with Crippen molar-refractivity contribution in [1.29, 1.82) is 0 Å². The Bertz CT molecular complexity index is 882. The molecule has 1 aromatic heterocycles. The fourth-order valence-electron chi connectivity index (χ4n) is 3.83. The van der Waals surface area contributed by atoms with Crippen LogP contribution in [0.25, 0.3) is 0 Å². The summed E-state index contributed by atoms with van der Waals surface area (Å²) in [5.74, 6) is -0.673. The van der Waals surface area contributed by atoms with Gasteiger partial charge in [-0.3, -0.25) is 4.79 Å². The zero-order valence-corrected chi connectivity index (χ0v) is 17.7. The van der Waals surface area contributed by atoms with E-state index >= 15 is 0 Å². The van der Waals surface area contributed by atoms with Gasteiger partial charge in [-0.1, -0.05) is 19.1 Å². The van der Waals surface area contributed by atoms with Gasteiger partial charge in [-0.25, -0.2) is 4.79 Å². The van der Waals surface area contributed by atoms with Crippen molar-refractivity contribution in [3.8, 4) is 0 Å². The summed E-state index contributed by atoms with van der Waals surface area (Å²) in [6.07, 6.45) is 0. The van der Waals surface area contributed by atoms with Crippen LogP contribution in [0.5, 0.6) is 0 Å². The number of carbonyl (C=O) groups excluding carboxylic acids is 2. The molecule has 1 aliphatic rings. The molecule has 3 rings (SSSR count). The Balaban J connectivity index is 1.80. The van der Waals surface area contributed by atoms with Crippen LogP contribution in [0, 0.1) is 13.8 Å². The van der Waals surface area contributed by atoms with Crippen molar-refractivity contribution in [2.24, 2.45) is 0 Å². The molecule has 156 valence electrons. The zero-order valence-electron chi connectivity index (χ0n) is 17.7. The summed E-state index contributed by atoms with van der Waals surface area (Å²) in [4.78, 5) is 33.0. The average molecular weight is 399 g/mol. The highest BCUT2D eigenvalue weighted by molar-refractivity contribution is 6.08. The lowest BCUT2D eigenvalue weighted by atomic mass is 10.1. The number of aromatic amines is 1. The van der Waals surface area contributed by atoms with E-state index in [1.54, 1.807) is 20.8 Å². The normalized spacial score (nSPS) is 14.7. The first kappa shape index (κ1) is 20.9. The second kappa shape index (κ2) is 9.13. The molecule has 0 radical (unpaired) electrons. The van der Waals surface area contributed by atoms with Crippen LogP contribution in [0.3, 0.4) is 0 Å². The van der Waals surface area contributed by atoms with E-state index in [1.807, 2.05) is 24.3 Å². The molecule has 0 atom stereocenters. The molecule has 0 aliphatic carbocycles. The Kier molecular flexibility index (Phi) is 6.59. The first-order valence-corrected chi connectivity index (χ1v) is 10.2. The first-order valence-electron chi connectivity index (χ1n) is 10.2. The van der Waals surface area contributed by atoms with Crippen molar-refractivity contribution in [1.82, 2.24) is 9.88 Å². The number of esters is 1. The fourth-order valence-corrected chi connectivity index (χ4v) is 3.83. The average Bonchev–Trinajstić information content (AvgIpc) is 3.03. The number of nitrogens with one attached hydrogen (secondary N) is 2. The van der Waals surface area contributed by atoms with Gasteiger partial charge in [0.1, 0.15) is 5.69 Å². The number of anilines is 2. The number of para-hydroxylation sites is 2. The maximum absolute atomic E-state index is 13.0. The summed E-state index contributed by atoms with van der Waals surface area (Å²) in [5.41, 5.74) is 3.84. The van der Waals surface area contributed by atoms with Crippen LogP contribution in [-0.4, -0.2) is 61.1 Å². The molecule has 2 aromatic rings. The number of piperazine rings is 1. The lowest BCUT2D eigenvalue weighted by molar-refractivity contribution is 0.0525. The van der Waals surface area contributed by atoms with Gasteiger partial charge in [0.25, 0.3) is 5.91 Å². The van der Waals surface area contributed by atoms with E-state index in [0.717, 1.165) is 44.1 Å². The third-order valence-corrected chi connectivity index (χ3v) is 5.46. The van der Waals surface area contributed by atoms with Crippen molar-refractivity contribution in [2.75, 3.05) is 49.5 Å². The largest absolute Gasteiger partial charge is 0.462 e. The highest BCUT2D eigenvalue weighted by atomic mass is 16.5. The molecule has 7 heteroatoms. The molecule has 1 aliphatic heterocycles. The predicted octanol–water partition coefficient (Wildman–Crippen LogP) is 3.20. The molecule has 0 bridgehead atoms. The lowest BCUT2D eigenvalue weighted by Crippen LogP contribution is -2.46. The van der Waals surface area contributed by atoms with E-state index in [0.29, 0.717) is 29.1 Å². The summed E-state index contributed by atoms with van der Waals surface area (Å²) in [7, 11) is 0. The number of nitrogens with zero attached hydrogens (tertiary/aromatic N) is 2. The molecule has 1 amide bonds. The summed E-state index contributed by atoms with van der Waals surface area (Å²) < 4.78 is 5.12. The number of hydrogen-bond donors (Lipinski definition) is 2. The van der Waals surface area contributed by atoms with Crippen molar-refractivity contribution < 1.29 is 14.3 Å². The van der Waals surface area contributed by atoms with Crippen LogP contribution in [0.4, 0.5) is 11.4 Å². The molecule has 0 unspecified atom stereocenters. The van der Waals surface area contributed by atoms with Gasteiger partial charge in [0.2, 0.25) is 0 Å². The molecule has 0 saturated carbocycles. The van der Waals surface area contributed by atoms with Gasteiger partial charge in [0.05, 0.1) is 23.5 Å². The summed E-state index contributed by atoms with van der Waals surface area (Å²) in [6.45, 7) is 12.7. The smallest absolute Gasteiger partial charge is 0.340 e. The van der Waals surface area contributed by atoms with Gasteiger partial charge in [-0.2, -0.15) is 0 Å². The number of ether oxygens (including phenoxy) is 1. The second-order valence-corrected chi connectivity index (χ2v) is 7.24. The molecule has 2 heterocycles. The van der Waals surface area contributed by atoms with Crippen molar-refractivity contribution in [2.45, 2.75) is 27.7 Å². The second-order valence-electron chi connectivity index (χ2n) is 7.24. The molecule has 29 heavy (non-hydrogen) atoms. The molecule has 7 nitrogen and oxygen atoms in total. The van der Waals surface area contributed by atoms with Gasteiger partial charge in [-0.15, -0.1) is 0 Å². The molecular weight excluding hydrogens is 368 g/mol. The number of aryl methyl sites for hydroxylation is 1. The van der Waals surface area contributed by atoms with Crippen molar-refractivity contribution in [3.63, 3.8) is 0 Å². The zero-order chi connectivity index (χ0) is 21.0. The van der Waals surface area contributed by atoms with Crippen LogP contribution < -0.4 is 10.2 Å². The Labute approximate surface area is 172 Å². The quantitative estimate of drug-likeness (QED) is 0.731. The van der Waals surface area contributed by atoms with Gasteiger partial charge in [-0.05, 0) is 45.0 Å². The van der Waals surface area contributed by atoms with Crippen LogP contribution in [-0.2, 0) is 4.74 Å². The van der Waals surface area contributed by atoms with Gasteiger partial charge in [0, 0.05) is 31.9 Å². The number of amides is 1. The van der Waals surface area contributed by atoms with Crippen LogP contribution in [0.15, 0.2) is 24.3 Å². The number of hydrogen-bond acceptors (Lipinski definition) is 5. The maximum Gasteiger partial charge on any atom is 0.340 e. The lowest BCUT2D eigenvalue weighted by Gasteiger charge is -2.36. The minimum Gasteiger partial charge on any atom is -0.462 e. The van der Waals surface area contributed by atoms with Crippen LogP contribution in [0.2, 0.25) is 0 Å². The van der Waals surface area contributed by atoms with E-state index in [-0.39, 0.29) is 5.91 Å². The van der Waals surface area contributed by atoms with Crippen molar-refractivity contribution >= 4 is 23.3 Å². The number of aromatic nitrogens is 1. The molecule has 0 spiro atoms. The SMILES string of the molecule is CCOC(=O)c1c(C)[nH]c(C(=O)Nc2ccccc2N2CCN(CC)CC2)c1C. The molecule has 1 fully saturated rings. The Morgan fingerprint density at radius 1 is 1.10 bits per heavy atom. The molecule has 1 saturated heterocycles. The standard InChI is InChI=1S/C22H30N4O3/c1-5-25-11-13-26(14-12-25)18-10-8-7-9-17(18)24-21(27)20-15(3)19(16(4)23-20)22(28)29-6-2/h7-10,23H,5-6,11-14H2,1-4H3,(H,24,27). The maximum atomic E-state index is 13.0. The number of H-pyrrole nitrogens is 1. The third kappa shape index (κ3) is 4.45. The fraction of sp³-hybridized carbons (Fsp3) is 0.455. The van der Waals surface area contributed by atoms with E-state index < -0.39 is 5.97 Å². The summed E-state index contributed by atoms with van der Waals surface area (Å²) >= 11 is 0. The van der Waals surface area contributed by atoms with Gasteiger partial charge < -0.3 is 24.8 Å². The minimum absolute atomic E-state index is 0.263. The molecule has 2 N–H and O–H groups in total. The Hall–Kier alpha value is -2.80. The van der Waals surface area contributed by atoms with E-state index in [1.165, 1.54) is 0 Å². The highest BCUT2D eigenvalue weighted by Crippen LogP contribution is 2.28. The summed E-state index contributed by atoms with van der Waals surface area (Å²) in [6, 6.07) is 7.85. The first-order chi connectivity index (χ1) is 14.0. The molecule has 1 aromatic carbocycles. The number of carbonyl (C=O) groups is 2. The Morgan fingerprint density at radius 2 is 1.79 bits per heavy atom. The number of rotatable bonds is 6. The number of benzene rings is 1. The van der Waals surface area contributed by atoms with Crippen molar-refractivity contribution in [3.05, 3.63) is 46.8 Å². The highest BCUT2D eigenvalue weighted by Gasteiger charge is 2.24. The van der Waals surface area contributed by atoms with E-state index in [4.69, 9.17) is 4.74 Å². The third-order valence-electron chi connectivity index (χ3n) is 5.46. The van der Waals surface area contributed by atoms with Crippen LogP contribution in [0.1, 0.15) is 46.0 Å². The van der Waals surface area contributed by atoms with Gasteiger partial charge >= 0.3 is 5.97 Å². The van der Waals surface area contributed by atoms with E-state index in [2.05, 4.69) is 27.0 Å². The van der Waals surface area contributed by atoms with E-state index in [9.17, 15) is 9.59 Å². The minimum atomic E-state index is -0.410.